The van der Waals surface area contributed by atoms with Gasteiger partial charge < -0.3 is 10.6 Å². The Hall–Kier alpha value is -0.640. The number of nitrogens with two attached hydrogens (primary N) is 1. The van der Waals surface area contributed by atoms with Crippen LogP contribution >= 0.6 is 12.2 Å². The maximum Gasteiger partial charge on any atom is 0.235 e. The number of hydrogen-bond donors (Lipinski definition) is 1. The maximum absolute atomic E-state index is 12.3. The molecule has 2 saturated carbocycles. The SMILES string of the molecule is NC(=S)C1(C(=O)N2CC3CCC2C3)CC1. The van der Waals surface area contributed by atoms with E-state index in [1.165, 1.54) is 19.3 Å². The summed E-state index contributed by atoms with van der Waals surface area (Å²) >= 11 is 5.02. The van der Waals surface area contributed by atoms with Gasteiger partial charge >= 0.3 is 0 Å². The molecular formula is C11H16N2OS. The zero-order chi connectivity index (χ0) is 10.6. The molecule has 2 atom stereocenters. The summed E-state index contributed by atoms with van der Waals surface area (Å²) in [5.74, 6) is 0.975. The van der Waals surface area contributed by atoms with Gasteiger partial charge in [-0.3, -0.25) is 4.79 Å². The van der Waals surface area contributed by atoms with Crippen LogP contribution in [0, 0.1) is 11.3 Å². The van der Waals surface area contributed by atoms with E-state index >= 15 is 0 Å². The van der Waals surface area contributed by atoms with E-state index in [1.54, 1.807) is 0 Å². The summed E-state index contributed by atoms with van der Waals surface area (Å²) in [6, 6.07) is 0.495. The fraction of sp³-hybridized carbons (Fsp3) is 0.818. The third-order valence-corrected chi connectivity index (χ3v) is 4.69. The molecule has 1 aliphatic heterocycles. The number of carbonyl (C=O) groups is 1. The number of carbonyl (C=O) groups excluding carboxylic acids is 1. The molecule has 3 rings (SSSR count). The minimum Gasteiger partial charge on any atom is -0.392 e. The van der Waals surface area contributed by atoms with Crippen molar-refractivity contribution in [2.24, 2.45) is 17.1 Å². The molecule has 3 aliphatic rings. The summed E-state index contributed by atoms with van der Waals surface area (Å²) in [7, 11) is 0. The van der Waals surface area contributed by atoms with Crippen LogP contribution in [0.5, 0.6) is 0 Å². The molecule has 1 heterocycles. The van der Waals surface area contributed by atoms with Gasteiger partial charge in [0.15, 0.2) is 0 Å². The Kier molecular flexibility index (Phi) is 1.88. The Labute approximate surface area is 95.0 Å². The Morgan fingerprint density at radius 3 is 2.53 bits per heavy atom. The second-order valence-electron chi connectivity index (χ2n) is 5.24. The molecule has 3 nitrogen and oxygen atoms in total. The fourth-order valence-electron chi connectivity index (χ4n) is 3.14. The van der Waals surface area contributed by atoms with E-state index in [2.05, 4.69) is 4.90 Å². The zero-order valence-corrected chi connectivity index (χ0v) is 9.55. The van der Waals surface area contributed by atoms with Gasteiger partial charge in [0.1, 0.15) is 0 Å². The molecule has 0 aromatic carbocycles. The molecule has 0 aromatic heterocycles. The molecule has 2 aliphatic carbocycles. The minimum absolute atomic E-state index is 0.224. The Bertz CT molecular complexity index is 337. The molecule has 4 heteroatoms. The third-order valence-electron chi connectivity index (χ3n) is 4.30. The monoisotopic (exact) mass is 224 g/mol. The Balaban J connectivity index is 1.78. The molecule has 3 fully saturated rings. The van der Waals surface area contributed by atoms with Crippen molar-refractivity contribution in [1.82, 2.24) is 4.90 Å². The van der Waals surface area contributed by atoms with Crippen LogP contribution in [0.25, 0.3) is 0 Å². The zero-order valence-electron chi connectivity index (χ0n) is 8.74. The summed E-state index contributed by atoms with van der Waals surface area (Å²) in [6.07, 6.45) is 5.43. The van der Waals surface area contributed by atoms with Crippen molar-refractivity contribution in [3.63, 3.8) is 0 Å². The van der Waals surface area contributed by atoms with Gasteiger partial charge in [-0.25, -0.2) is 0 Å². The van der Waals surface area contributed by atoms with Gasteiger partial charge in [0.05, 0.1) is 10.4 Å². The molecule has 82 valence electrons. The van der Waals surface area contributed by atoms with Crippen LogP contribution in [-0.2, 0) is 4.79 Å². The van der Waals surface area contributed by atoms with E-state index in [9.17, 15) is 4.79 Å². The van der Waals surface area contributed by atoms with Crippen LogP contribution in [0.3, 0.4) is 0 Å². The van der Waals surface area contributed by atoms with Crippen molar-refractivity contribution in [2.75, 3.05) is 6.54 Å². The fourth-order valence-corrected chi connectivity index (χ4v) is 3.43. The first-order valence-electron chi connectivity index (χ1n) is 5.74. The minimum atomic E-state index is -0.431. The third kappa shape index (κ3) is 1.24. The smallest absolute Gasteiger partial charge is 0.235 e. The van der Waals surface area contributed by atoms with Crippen molar-refractivity contribution < 1.29 is 4.79 Å². The molecule has 1 amide bonds. The second kappa shape index (κ2) is 2.94. The molecule has 2 N–H and O–H groups in total. The van der Waals surface area contributed by atoms with Gasteiger partial charge in [0.2, 0.25) is 5.91 Å². The summed E-state index contributed by atoms with van der Waals surface area (Å²) in [6.45, 7) is 0.952. The lowest BCUT2D eigenvalue weighted by Crippen LogP contribution is -2.46. The largest absolute Gasteiger partial charge is 0.392 e. The van der Waals surface area contributed by atoms with Crippen molar-refractivity contribution in [3.8, 4) is 0 Å². The van der Waals surface area contributed by atoms with Crippen LogP contribution in [0.15, 0.2) is 0 Å². The Morgan fingerprint density at radius 1 is 1.40 bits per heavy atom. The van der Waals surface area contributed by atoms with E-state index in [4.69, 9.17) is 18.0 Å². The number of amides is 1. The molecule has 0 spiro atoms. The highest BCUT2D eigenvalue weighted by molar-refractivity contribution is 7.80. The number of piperidine rings is 1. The lowest BCUT2D eigenvalue weighted by Gasteiger charge is -2.30. The molecular weight excluding hydrogens is 208 g/mol. The molecule has 2 unspecified atom stereocenters. The molecule has 0 aromatic rings. The quantitative estimate of drug-likeness (QED) is 0.714. The van der Waals surface area contributed by atoms with Crippen molar-refractivity contribution in [1.29, 1.82) is 0 Å². The number of nitrogens with zero attached hydrogens (tertiary/aromatic N) is 1. The standard InChI is InChI=1S/C11H16N2OS/c12-9(15)11(3-4-11)10(14)13-6-7-1-2-8(13)5-7/h7-8H,1-6H2,(H2,12,15). The average Bonchev–Trinajstić information content (AvgIpc) is 2.77. The maximum atomic E-state index is 12.3. The van der Waals surface area contributed by atoms with Crippen LogP contribution in [0.4, 0.5) is 0 Å². The predicted octanol–water partition coefficient (Wildman–Crippen LogP) is 1.06. The molecule has 0 radical (unpaired) electrons. The van der Waals surface area contributed by atoms with Crippen molar-refractivity contribution >= 4 is 23.1 Å². The van der Waals surface area contributed by atoms with Gasteiger partial charge in [-0.1, -0.05) is 12.2 Å². The normalized spacial score (nSPS) is 35.6. The Morgan fingerprint density at radius 2 is 2.13 bits per heavy atom. The van der Waals surface area contributed by atoms with Crippen LogP contribution in [0.1, 0.15) is 32.1 Å². The van der Waals surface area contributed by atoms with Gasteiger partial charge in [-0.2, -0.15) is 0 Å². The number of hydrogen-bond acceptors (Lipinski definition) is 2. The lowest BCUT2D eigenvalue weighted by atomic mass is 10.0. The number of fused-ring (bicyclic) bond motifs is 2. The van der Waals surface area contributed by atoms with E-state index in [0.29, 0.717) is 11.0 Å². The topological polar surface area (TPSA) is 46.3 Å². The first-order chi connectivity index (χ1) is 7.13. The predicted molar refractivity (Wildman–Crippen MR) is 61.3 cm³/mol. The average molecular weight is 224 g/mol. The summed E-state index contributed by atoms with van der Waals surface area (Å²) in [5, 5.41) is 0. The van der Waals surface area contributed by atoms with Gasteiger partial charge in [-0.05, 0) is 38.0 Å². The highest BCUT2D eigenvalue weighted by Crippen LogP contribution is 2.50. The molecule has 1 saturated heterocycles. The van der Waals surface area contributed by atoms with Crippen LogP contribution in [-0.4, -0.2) is 28.4 Å². The van der Waals surface area contributed by atoms with E-state index < -0.39 is 5.41 Å². The first-order valence-corrected chi connectivity index (χ1v) is 6.15. The number of thiocarbonyl (C=S) groups is 1. The van der Waals surface area contributed by atoms with Gasteiger partial charge in [-0.15, -0.1) is 0 Å². The van der Waals surface area contributed by atoms with E-state index in [0.717, 1.165) is 25.3 Å². The second-order valence-corrected chi connectivity index (χ2v) is 5.68. The number of rotatable bonds is 2. The van der Waals surface area contributed by atoms with Crippen LogP contribution in [0.2, 0.25) is 0 Å². The lowest BCUT2D eigenvalue weighted by molar-refractivity contribution is -0.136. The first kappa shape index (κ1) is 9.58. The number of likely N-dealkylation sites (tertiary alicyclic amines) is 1. The molecule has 15 heavy (non-hydrogen) atoms. The van der Waals surface area contributed by atoms with E-state index in [-0.39, 0.29) is 5.91 Å². The van der Waals surface area contributed by atoms with Crippen LogP contribution < -0.4 is 5.73 Å². The highest BCUT2D eigenvalue weighted by atomic mass is 32.1. The highest BCUT2D eigenvalue weighted by Gasteiger charge is 2.57. The van der Waals surface area contributed by atoms with Crippen molar-refractivity contribution in [2.45, 2.75) is 38.1 Å². The van der Waals surface area contributed by atoms with Gasteiger partial charge in [0.25, 0.3) is 0 Å². The van der Waals surface area contributed by atoms with Gasteiger partial charge in [0, 0.05) is 12.6 Å². The summed E-state index contributed by atoms with van der Waals surface area (Å²) < 4.78 is 0. The van der Waals surface area contributed by atoms with E-state index in [1.807, 2.05) is 0 Å². The molecule has 2 bridgehead atoms. The summed E-state index contributed by atoms with van der Waals surface area (Å²) in [4.78, 5) is 14.8. The summed E-state index contributed by atoms with van der Waals surface area (Å²) in [5.41, 5.74) is 5.25. The van der Waals surface area contributed by atoms with Crippen molar-refractivity contribution in [3.05, 3.63) is 0 Å².